The fraction of sp³-hybridized carbons (Fsp3) is 0.698. The van der Waals surface area contributed by atoms with Crippen molar-refractivity contribution >= 4 is 82.7 Å². The van der Waals surface area contributed by atoms with Crippen LogP contribution in [-0.2, 0) is 80.0 Å². The number of unbranched alkanes of at least 4 members (excludes halogenated alkanes) is 4. The molecule has 0 bridgehead atoms. The Labute approximate surface area is 708 Å². The highest BCUT2D eigenvalue weighted by molar-refractivity contribution is 6.01. The van der Waals surface area contributed by atoms with Gasteiger partial charge in [-0.3, -0.25) is 67.1 Å². The van der Waals surface area contributed by atoms with E-state index in [-0.39, 0.29) is 139 Å². The van der Waals surface area contributed by atoms with Crippen molar-refractivity contribution in [1.82, 2.24) is 73.6 Å². The van der Waals surface area contributed by atoms with Crippen LogP contribution in [0.3, 0.4) is 0 Å². The third-order valence-corrected chi connectivity index (χ3v) is 22.0. The molecule has 0 saturated carbocycles. The summed E-state index contributed by atoms with van der Waals surface area (Å²) in [4.78, 5) is 212. The number of hydrogen-bond donors (Lipinski definition) is 18. The Balaban J connectivity index is 1.66. The summed E-state index contributed by atoms with van der Waals surface area (Å²) in [5.41, 5.74) is 24.8. The Morgan fingerprint density at radius 2 is 0.542 bits per heavy atom. The molecule has 120 heavy (non-hydrogen) atoms. The lowest BCUT2D eigenvalue weighted by molar-refractivity contribution is -0.146. The molecule has 14 atom stereocenters. The molecule has 3 aliphatic heterocycles. The smallest absolute Gasteiger partial charge is 0.246 e. The maximum Gasteiger partial charge on any atom is 0.246 e. The zero-order valence-corrected chi connectivity index (χ0v) is 72.8. The van der Waals surface area contributed by atoms with E-state index in [1.807, 2.05) is 41.5 Å². The molecular weight excluding hydrogens is 1540 g/mol. The van der Waals surface area contributed by atoms with Gasteiger partial charge < -0.3 is 107 Å². The van der Waals surface area contributed by atoms with E-state index in [1.165, 1.54) is 34.1 Å². The summed E-state index contributed by atoms with van der Waals surface area (Å²) in [5.74, 6) is -13.4. The van der Waals surface area contributed by atoms with Crippen molar-refractivity contribution in [2.45, 2.75) is 309 Å². The molecule has 0 radical (unpaired) electrons. The number of hydrogen-bond acceptors (Lipinski definition) is 20. The van der Waals surface area contributed by atoms with E-state index in [4.69, 9.17) is 22.9 Å². The zero-order chi connectivity index (χ0) is 89.0. The lowest BCUT2D eigenvalue weighted by Gasteiger charge is -2.38. The number of nitrogens with one attached hydrogen (secondary N) is 12. The van der Waals surface area contributed by atoms with Crippen molar-refractivity contribution in [1.29, 1.82) is 0 Å². The van der Waals surface area contributed by atoms with Crippen molar-refractivity contribution in [3.63, 3.8) is 0 Å². The van der Waals surface area contributed by atoms with Crippen LogP contribution in [0.2, 0.25) is 0 Å². The molecule has 2 aromatic carbocycles. The van der Waals surface area contributed by atoms with E-state index in [0.29, 0.717) is 81.8 Å². The van der Waals surface area contributed by atoms with Gasteiger partial charge in [0.25, 0.3) is 0 Å². The number of fused-ring (bicyclic) bond motifs is 2. The number of nitrogens with zero attached hydrogens (tertiary/aromatic N) is 2. The summed E-state index contributed by atoms with van der Waals surface area (Å²) in [7, 11) is 0. The van der Waals surface area contributed by atoms with Crippen LogP contribution in [-0.4, -0.2) is 227 Å². The van der Waals surface area contributed by atoms with Gasteiger partial charge in [-0.1, -0.05) is 107 Å². The number of aromatic hydroxyl groups is 2. The first-order valence-electron chi connectivity index (χ1n) is 43.5. The minimum Gasteiger partial charge on any atom is -0.508 e. The molecule has 0 aromatic heterocycles. The number of carbonyl (C=O) groups excluding carboxylic acids is 14. The number of phenols is 2. The first-order chi connectivity index (χ1) is 56.9. The molecular formula is C86H142N18O16. The van der Waals surface area contributed by atoms with Crippen LogP contribution in [0.4, 0.5) is 0 Å². The molecule has 3 fully saturated rings. The SMILES string of the molecule is CC(C)C[C@@H]1NC(=O)[C@H](CCCCN)NC(=O)[C@H](C(C)C)NC(=O)[C@@H]2CCCN2C(=O)[C@@H](Cc2ccc(O)cc2)NC(=O)[C@H](CC(C)C)NC(=O)[C@H](CCCCN)NC(=O)[C@H](C(C)C)NC(=O)[C@H](CCCCN)NC(=O)[C@H](CC(C)C)NC(=O)[C@@H]2CCCCN2C(=O)[C@@H](Cc2ccc(O)cc2)NC(=O)[C@H](C(C)C)NC(=O)[C@H](CCCCN)NC1=O. The van der Waals surface area contributed by atoms with Crippen molar-refractivity contribution < 1.29 is 77.3 Å². The second kappa shape index (κ2) is 51.3. The van der Waals surface area contributed by atoms with Gasteiger partial charge in [0.1, 0.15) is 96.1 Å². The minimum atomic E-state index is -1.41. The Kier molecular flexibility index (Phi) is 43.2. The van der Waals surface area contributed by atoms with E-state index >= 15 is 24.0 Å². The van der Waals surface area contributed by atoms with Crippen LogP contribution >= 0.6 is 0 Å². The quantitative estimate of drug-likeness (QED) is 0.0516. The molecule has 14 amide bonds. The van der Waals surface area contributed by atoms with Gasteiger partial charge in [-0.25, -0.2) is 0 Å². The molecule has 2 aromatic rings. The predicted molar refractivity (Wildman–Crippen MR) is 455 cm³/mol. The van der Waals surface area contributed by atoms with Crippen LogP contribution in [0.15, 0.2) is 48.5 Å². The number of benzene rings is 2. The molecule has 3 heterocycles. The van der Waals surface area contributed by atoms with E-state index in [1.54, 1.807) is 65.8 Å². The van der Waals surface area contributed by atoms with Crippen molar-refractivity contribution in [2.75, 3.05) is 39.3 Å². The highest BCUT2D eigenvalue weighted by Crippen LogP contribution is 2.26. The van der Waals surface area contributed by atoms with E-state index < -0.39 is 185 Å². The summed E-state index contributed by atoms with van der Waals surface area (Å²) >= 11 is 0. The lowest BCUT2D eigenvalue weighted by Crippen LogP contribution is -2.63. The molecule has 3 aliphatic rings. The lowest BCUT2D eigenvalue weighted by atomic mass is 9.96. The molecule has 22 N–H and O–H groups in total. The molecule has 0 unspecified atom stereocenters. The van der Waals surface area contributed by atoms with Crippen LogP contribution in [0.25, 0.3) is 0 Å². The van der Waals surface area contributed by atoms with E-state index in [2.05, 4.69) is 63.8 Å². The van der Waals surface area contributed by atoms with E-state index in [9.17, 15) is 53.4 Å². The highest BCUT2D eigenvalue weighted by atomic mass is 16.3. The zero-order valence-electron chi connectivity index (χ0n) is 72.8. The summed E-state index contributed by atoms with van der Waals surface area (Å²) in [6.45, 7) is 22.0. The molecule has 672 valence electrons. The van der Waals surface area contributed by atoms with Crippen molar-refractivity contribution in [3.8, 4) is 11.5 Å². The highest BCUT2D eigenvalue weighted by Gasteiger charge is 2.44. The Morgan fingerprint density at radius 3 is 0.850 bits per heavy atom. The summed E-state index contributed by atoms with van der Waals surface area (Å²) in [6.07, 6.45) is 4.50. The fourth-order valence-corrected chi connectivity index (χ4v) is 15.2. The number of nitrogens with two attached hydrogens (primary N) is 4. The van der Waals surface area contributed by atoms with Crippen LogP contribution in [0.1, 0.15) is 223 Å². The Morgan fingerprint density at radius 1 is 0.300 bits per heavy atom. The molecule has 34 nitrogen and oxygen atoms in total. The summed E-state index contributed by atoms with van der Waals surface area (Å²) in [5, 5.41) is 54.8. The van der Waals surface area contributed by atoms with Gasteiger partial charge in [-0.05, 0) is 225 Å². The van der Waals surface area contributed by atoms with Gasteiger partial charge in [0, 0.05) is 25.9 Å². The topological polar surface area (TPSA) is 534 Å². The number of rotatable bonds is 29. The third-order valence-electron chi connectivity index (χ3n) is 22.0. The van der Waals surface area contributed by atoms with Gasteiger partial charge >= 0.3 is 0 Å². The van der Waals surface area contributed by atoms with Crippen LogP contribution < -0.4 is 86.7 Å². The Bertz CT molecular complexity index is 3680. The first kappa shape index (κ1) is 101. The van der Waals surface area contributed by atoms with Crippen molar-refractivity contribution in [2.24, 2.45) is 58.4 Å². The number of phenolic OH excluding ortho intramolecular Hbond substituents is 2. The molecule has 3 saturated heterocycles. The van der Waals surface area contributed by atoms with Gasteiger partial charge in [0.05, 0.1) is 0 Å². The number of amides is 14. The molecule has 34 heteroatoms. The molecule has 0 aliphatic carbocycles. The predicted octanol–water partition coefficient (Wildman–Crippen LogP) is 1.71. The average Bonchev–Trinajstić information content (AvgIpc) is 1.60. The second-order valence-electron chi connectivity index (χ2n) is 34.7. The molecule has 5 rings (SSSR count). The molecule has 0 spiro atoms. The normalized spacial score (nSPS) is 25.6. The maximum atomic E-state index is 15.5. The van der Waals surface area contributed by atoms with Crippen LogP contribution in [0.5, 0.6) is 11.5 Å². The fourth-order valence-electron chi connectivity index (χ4n) is 15.2. The van der Waals surface area contributed by atoms with Gasteiger partial charge in [0.2, 0.25) is 82.7 Å². The van der Waals surface area contributed by atoms with Gasteiger partial charge in [-0.15, -0.1) is 0 Å². The standard InChI is InChI=1S/C86H142N18O16/c1-49(2)44-63-77(111)91-61(26-15-20-40-89)76(110)101-71(53(9)10)84(118)99-67(48-56-32-36-58(106)37-33-56)86(120)103-42-22-17-28-68(103)80(114)97-65(46-51(5)6)78(112)92-62(27-16-21-41-90)75(109)100-70(52(7)8)82(116)93-59(24-13-18-38-87)74(108)96-64(45-50(3)4)79(113)98-66(47-55-30-34-57(105)35-31-55)85(119)104-43-23-29-69(104)81(115)102-72(54(11)12)83(117)94-60(73(107)95-63)25-14-19-39-88/h30-37,49-54,59-72,105-106H,13-29,38-48,87-90H2,1-12H3,(H,91,111)(H,92,112)(H,93,116)(H,94,117)(H,95,107)(H,96,108)(H,97,114)(H,98,113)(H,99,118)(H,100,109)(H,101,110)(H,102,115)/t59-,60-,61-,62-,63-,64-,65-,66+,67+,68-,69-,70-,71-,72-/m0/s1. The third kappa shape index (κ3) is 32.8. The average molecular weight is 1680 g/mol. The second-order valence-corrected chi connectivity index (χ2v) is 34.7. The maximum absolute atomic E-state index is 15.5. The minimum absolute atomic E-state index is 0.0216. The van der Waals surface area contributed by atoms with Crippen LogP contribution in [0, 0.1) is 35.5 Å². The first-order valence-corrected chi connectivity index (χ1v) is 43.5. The Hall–Kier alpha value is -9.54. The largest absolute Gasteiger partial charge is 0.508 e. The number of carbonyl (C=O) groups is 14. The van der Waals surface area contributed by atoms with Crippen molar-refractivity contribution in [3.05, 3.63) is 59.7 Å². The van der Waals surface area contributed by atoms with E-state index in [0.717, 1.165) is 0 Å². The number of piperidine rings is 1. The monoisotopic (exact) mass is 1680 g/mol. The van der Waals surface area contributed by atoms with Gasteiger partial charge in [0.15, 0.2) is 0 Å². The summed E-state index contributed by atoms with van der Waals surface area (Å²) in [6, 6.07) is -6.54. The summed E-state index contributed by atoms with van der Waals surface area (Å²) < 4.78 is 0. The van der Waals surface area contributed by atoms with Gasteiger partial charge in [-0.2, -0.15) is 0 Å².